The lowest BCUT2D eigenvalue weighted by atomic mass is 10.0. The highest BCUT2D eigenvalue weighted by molar-refractivity contribution is 9.10. The Balaban J connectivity index is 2.40. The minimum absolute atomic E-state index is 0.198. The number of rotatable bonds is 2. The summed E-state index contributed by atoms with van der Waals surface area (Å²) in [5, 5.41) is 10.4. The number of pyridine rings is 1. The summed E-state index contributed by atoms with van der Waals surface area (Å²) in [6, 6.07) is 7.93. The van der Waals surface area contributed by atoms with E-state index in [4.69, 9.17) is 11.6 Å². The molecule has 2 rings (SSSR count). The molecule has 0 aliphatic heterocycles. The van der Waals surface area contributed by atoms with Gasteiger partial charge in [-0.15, -0.1) is 0 Å². The van der Waals surface area contributed by atoms with Crippen LogP contribution in [0.15, 0.2) is 41.0 Å². The number of nitrogens with zero attached hydrogens (tertiary/aromatic N) is 1. The van der Waals surface area contributed by atoms with E-state index in [-0.39, 0.29) is 5.56 Å². The maximum atomic E-state index is 13.8. The quantitative estimate of drug-likeness (QED) is 0.857. The summed E-state index contributed by atoms with van der Waals surface area (Å²) >= 11 is 8.72. The van der Waals surface area contributed by atoms with E-state index in [1.54, 1.807) is 24.3 Å². The van der Waals surface area contributed by atoms with Gasteiger partial charge >= 0.3 is 0 Å². The fourth-order valence-corrected chi connectivity index (χ4v) is 1.95. The molecule has 1 aromatic carbocycles. The summed E-state index contributed by atoms with van der Waals surface area (Å²) in [6.07, 6.45) is 0.366. The molecular weight excluding hydrogens is 308 g/mol. The molecular formula is C12H8BrClFNO. The summed E-state index contributed by atoms with van der Waals surface area (Å²) < 4.78 is 14.1. The molecule has 1 heterocycles. The highest BCUT2D eigenvalue weighted by Crippen LogP contribution is 2.28. The van der Waals surface area contributed by atoms with Crippen LogP contribution in [0.1, 0.15) is 17.2 Å². The fraction of sp³-hybridized carbons (Fsp3) is 0.0833. The summed E-state index contributed by atoms with van der Waals surface area (Å²) in [6.45, 7) is 0. The van der Waals surface area contributed by atoms with Gasteiger partial charge in [0.15, 0.2) is 0 Å². The summed E-state index contributed by atoms with van der Waals surface area (Å²) in [5.41, 5.74) is 0.690. The van der Waals surface area contributed by atoms with Gasteiger partial charge in [-0.2, -0.15) is 0 Å². The van der Waals surface area contributed by atoms with Crippen LogP contribution in [0.5, 0.6) is 0 Å². The maximum absolute atomic E-state index is 13.8. The third-order valence-corrected chi connectivity index (χ3v) is 3.18. The van der Waals surface area contributed by atoms with Crippen molar-refractivity contribution in [2.24, 2.45) is 0 Å². The average Bonchev–Trinajstić information content (AvgIpc) is 2.33. The summed E-state index contributed by atoms with van der Waals surface area (Å²) in [4.78, 5) is 3.85. The normalized spacial score (nSPS) is 12.5. The zero-order chi connectivity index (χ0) is 12.4. The number of hydrogen-bond acceptors (Lipinski definition) is 2. The minimum Gasteiger partial charge on any atom is -0.383 e. The van der Waals surface area contributed by atoms with Crippen LogP contribution in [-0.2, 0) is 0 Å². The first-order valence-corrected chi connectivity index (χ1v) is 6.00. The van der Waals surface area contributed by atoms with Gasteiger partial charge in [-0.25, -0.2) is 9.37 Å². The van der Waals surface area contributed by atoms with Crippen molar-refractivity contribution in [3.8, 4) is 0 Å². The number of benzene rings is 1. The van der Waals surface area contributed by atoms with E-state index in [9.17, 15) is 9.50 Å². The van der Waals surface area contributed by atoms with E-state index in [0.717, 1.165) is 0 Å². The zero-order valence-corrected chi connectivity index (χ0v) is 10.9. The second-order valence-electron chi connectivity index (χ2n) is 3.46. The Morgan fingerprint density at radius 3 is 2.71 bits per heavy atom. The lowest BCUT2D eigenvalue weighted by Crippen LogP contribution is -2.03. The van der Waals surface area contributed by atoms with Gasteiger partial charge < -0.3 is 5.11 Å². The van der Waals surface area contributed by atoms with Crippen molar-refractivity contribution in [3.63, 3.8) is 0 Å². The predicted molar refractivity (Wildman–Crippen MR) is 67.4 cm³/mol. The van der Waals surface area contributed by atoms with Crippen LogP contribution in [0.25, 0.3) is 0 Å². The molecule has 2 nitrogen and oxygen atoms in total. The minimum atomic E-state index is -1.06. The molecule has 0 aliphatic rings. The molecule has 0 bridgehead atoms. The van der Waals surface area contributed by atoms with Gasteiger partial charge in [-0.1, -0.05) is 29.8 Å². The molecule has 0 saturated carbocycles. The Labute approximate surface area is 111 Å². The number of aliphatic hydroxyl groups excluding tert-OH is 1. The van der Waals surface area contributed by atoms with Crippen molar-refractivity contribution in [2.45, 2.75) is 6.10 Å². The van der Waals surface area contributed by atoms with Crippen LogP contribution in [0.2, 0.25) is 5.15 Å². The molecule has 0 spiro atoms. The molecule has 0 amide bonds. The van der Waals surface area contributed by atoms with E-state index in [1.165, 1.54) is 12.3 Å². The van der Waals surface area contributed by atoms with Gasteiger partial charge in [0.25, 0.3) is 0 Å². The van der Waals surface area contributed by atoms with Crippen LogP contribution < -0.4 is 0 Å². The van der Waals surface area contributed by atoms with Crippen molar-refractivity contribution < 1.29 is 9.50 Å². The largest absolute Gasteiger partial charge is 0.383 e. The van der Waals surface area contributed by atoms with Gasteiger partial charge in [0, 0.05) is 17.3 Å². The lowest BCUT2D eigenvalue weighted by Gasteiger charge is -2.12. The number of hydrogen-bond donors (Lipinski definition) is 1. The van der Waals surface area contributed by atoms with Gasteiger partial charge in [0.1, 0.15) is 17.1 Å². The third-order valence-electron chi connectivity index (χ3n) is 2.34. The van der Waals surface area contributed by atoms with Gasteiger partial charge in [0.2, 0.25) is 0 Å². The molecule has 0 fully saturated rings. The van der Waals surface area contributed by atoms with Crippen molar-refractivity contribution in [1.82, 2.24) is 4.98 Å². The smallest absolute Gasteiger partial charge is 0.143 e. The van der Waals surface area contributed by atoms with E-state index in [0.29, 0.717) is 15.2 Å². The first-order valence-electron chi connectivity index (χ1n) is 4.83. The molecule has 0 radical (unpaired) electrons. The van der Waals surface area contributed by atoms with E-state index < -0.39 is 11.9 Å². The lowest BCUT2D eigenvalue weighted by molar-refractivity contribution is 0.214. The second-order valence-corrected chi connectivity index (χ2v) is 4.70. The van der Waals surface area contributed by atoms with Crippen LogP contribution in [0.4, 0.5) is 4.39 Å². The number of halogens is 3. The Kier molecular flexibility index (Phi) is 3.76. The SMILES string of the molecule is OC(c1ccc(Cl)nc1)c1cccc(Br)c1F. The van der Waals surface area contributed by atoms with E-state index in [2.05, 4.69) is 20.9 Å². The average molecular weight is 317 g/mol. The molecule has 88 valence electrons. The maximum Gasteiger partial charge on any atom is 0.143 e. The zero-order valence-electron chi connectivity index (χ0n) is 8.57. The topological polar surface area (TPSA) is 33.1 Å². The van der Waals surface area contributed by atoms with Gasteiger partial charge in [0.05, 0.1) is 4.47 Å². The Bertz CT molecular complexity index is 533. The molecule has 2 aromatic rings. The molecule has 1 unspecified atom stereocenters. The number of aromatic nitrogens is 1. The van der Waals surface area contributed by atoms with Crippen LogP contribution in [0.3, 0.4) is 0 Å². The molecule has 0 saturated heterocycles. The van der Waals surface area contributed by atoms with E-state index in [1.807, 2.05) is 0 Å². The fourth-order valence-electron chi connectivity index (χ4n) is 1.46. The van der Waals surface area contributed by atoms with Crippen LogP contribution in [-0.4, -0.2) is 10.1 Å². The molecule has 5 heteroatoms. The first-order chi connectivity index (χ1) is 8.09. The molecule has 1 atom stereocenters. The Morgan fingerprint density at radius 1 is 1.29 bits per heavy atom. The van der Waals surface area contributed by atoms with Crippen molar-refractivity contribution in [3.05, 3.63) is 63.1 Å². The highest BCUT2D eigenvalue weighted by Gasteiger charge is 2.16. The van der Waals surface area contributed by atoms with Gasteiger partial charge in [-0.3, -0.25) is 0 Å². The molecule has 17 heavy (non-hydrogen) atoms. The third kappa shape index (κ3) is 2.65. The van der Waals surface area contributed by atoms with Crippen LogP contribution >= 0.6 is 27.5 Å². The predicted octanol–water partition coefficient (Wildman–Crippen LogP) is 3.72. The van der Waals surface area contributed by atoms with Crippen molar-refractivity contribution in [1.29, 1.82) is 0 Å². The molecule has 1 N–H and O–H groups in total. The number of aliphatic hydroxyl groups is 1. The molecule has 0 aliphatic carbocycles. The standard InChI is InChI=1S/C12H8BrClFNO/c13-9-3-1-2-8(11(9)15)12(17)7-4-5-10(14)16-6-7/h1-6,12,17H. The Morgan fingerprint density at radius 2 is 2.06 bits per heavy atom. The Hall–Kier alpha value is -0.970. The first kappa shape index (κ1) is 12.5. The van der Waals surface area contributed by atoms with Crippen molar-refractivity contribution in [2.75, 3.05) is 0 Å². The monoisotopic (exact) mass is 315 g/mol. The highest BCUT2D eigenvalue weighted by atomic mass is 79.9. The summed E-state index contributed by atoms with van der Waals surface area (Å²) in [7, 11) is 0. The van der Waals surface area contributed by atoms with Crippen molar-refractivity contribution >= 4 is 27.5 Å². The van der Waals surface area contributed by atoms with Crippen LogP contribution in [0, 0.1) is 5.82 Å². The van der Waals surface area contributed by atoms with Gasteiger partial charge in [-0.05, 0) is 28.1 Å². The van der Waals surface area contributed by atoms with E-state index >= 15 is 0 Å². The second kappa shape index (κ2) is 5.12. The summed E-state index contributed by atoms with van der Waals surface area (Å²) in [5.74, 6) is -0.477. The molecule has 1 aromatic heterocycles.